The van der Waals surface area contributed by atoms with E-state index in [1.54, 1.807) is 19.1 Å². The minimum atomic E-state index is -1.39. The van der Waals surface area contributed by atoms with Crippen molar-refractivity contribution in [2.24, 2.45) is 11.8 Å². The van der Waals surface area contributed by atoms with Gasteiger partial charge in [-0.15, -0.1) is 0 Å². The fourth-order valence-corrected chi connectivity index (χ4v) is 5.16. The molecule has 0 spiro atoms. The van der Waals surface area contributed by atoms with E-state index < -0.39 is 34.2 Å². The van der Waals surface area contributed by atoms with Crippen LogP contribution in [0.3, 0.4) is 0 Å². The van der Waals surface area contributed by atoms with Gasteiger partial charge in [-0.05, 0) is 104 Å². The molecule has 9 N–H and O–H groups in total. The van der Waals surface area contributed by atoms with Gasteiger partial charge < -0.3 is 90.3 Å². The Balaban J connectivity index is -0.0000000525. The van der Waals surface area contributed by atoms with E-state index >= 15 is 0 Å². The van der Waals surface area contributed by atoms with Crippen molar-refractivity contribution in [1.29, 1.82) is 0 Å². The van der Waals surface area contributed by atoms with Crippen molar-refractivity contribution in [3.05, 3.63) is 101 Å². The van der Waals surface area contributed by atoms with Gasteiger partial charge in [0.1, 0.15) is 29.9 Å². The Morgan fingerprint density at radius 3 is 1.49 bits per heavy atom. The molecule has 15 nitrogen and oxygen atoms in total. The van der Waals surface area contributed by atoms with Crippen molar-refractivity contribution in [1.82, 2.24) is 15.6 Å². The number of carbonyl (C=O) groups excluding carboxylic acids is 7. The quantitative estimate of drug-likeness (QED) is 0.0488. The van der Waals surface area contributed by atoms with Gasteiger partial charge in [-0.2, -0.15) is 6.92 Å². The number of rotatable bonds is 8. The molecule has 3 aromatic rings. The third-order valence-corrected chi connectivity index (χ3v) is 9.16. The minimum Gasteiger partial charge on any atom is -0.593 e. The van der Waals surface area contributed by atoms with Crippen LogP contribution in [0, 0.1) is 53.8 Å². The zero-order chi connectivity index (χ0) is 46.5. The predicted molar refractivity (Wildman–Crippen MR) is 275 cm³/mol. The summed E-state index contributed by atoms with van der Waals surface area (Å²) >= 11 is 0. The number of nitrogens with one attached hydrogen (secondary N) is 3. The number of methoxy groups -OCH3 is 1. The van der Waals surface area contributed by atoms with Gasteiger partial charge in [0.15, 0.2) is 11.5 Å². The number of hydrogen-bond donors (Lipinski definition) is 5. The van der Waals surface area contributed by atoms with Gasteiger partial charge >= 0.3 is 0 Å². The Bertz CT molecular complexity index is 1870. The predicted octanol–water partition coefficient (Wildman–Crippen LogP) is 7.34. The number of carbonyl (C=O) groups is 7. The Labute approximate surface area is 525 Å². The number of fused-ring (bicyclic) bond motifs is 4. The summed E-state index contributed by atoms with van der Waals surface area (Å²) in [6, 6.07) is 11.5. The van der Waals surface area contributed by atoms with Crippen LogP contribution in [0.4, 0.5) is 0 Å². The molecule has 3 heterocycles. The first-order chi connectivity index (χ1) is 27.4. The largest absolute Gasteiger partial charge is 0.593 e. The second-order valence-electron chi connectivity index (χ2n) is 13.9. The molecule has 0 amide bonds. The summed E-state index contributed by atoms with van der Waals surface area (Å²) in [7, 11) is 6.48. The van der Waals surface area contributed by atoms with Crippen molar-refractivity contribution in [3.63, 3.8) is 0 Å². The third kappa shape index (κ3) is 31.9. The van der Waals surface area contributed by atoms with Crippen LogP contribution < -0.4 is 15.4 Å². The molecule has 0 saturated carbocycles. The summed E-state index contributed by atoms with van der Waals surface area (Å²) in [6.45, 7) is 26.2. The number of hydrogen-bond acceptors (Lipinski definition) is 12. The molecule has 0 fully saturated rings. The number of H-pyrrole nitrogens is 1. The maximum atomic E-state index is 11.8. The summed E-state index contributed by atoms with van der Waals surface area (Å²) in [5.41, 5.74) is 1.82. The summed E-state index contributed by atoms with van der Waals surface area (Å²) < 4.78 is 5.07. The van der Waals surface area contributed by atoms with Crippen molar-refractivity contribution in [2.75, 3.05) is 20.2 Å². The maximum Gasteiger partial charge on any atom is 0.160 e. The molecule has 1 aromatic heterocycles. The van der Waals surface area contributed by atoms with Gasteiger partial charge in [0.05, 0.1) is 18.8 Å². The molecular formula is C51H91N3O12Y4-4. The molecule has 398 valence electrons. The maximum absolute atomic E-state index is 11.8. The van der Waals surface area contributed by atoms with Crippen molar-refractivity contribution >= 4 is 52.4 Å². The first-order valence-corrected chi connectivity index (χ1v) is 18.2. The van der Waals surface area contributed by atoms with E-state index in [2.05, 4.69) is 63.6 Å². The van der Waals surface area contributed by atoms with E-state index in [9.17, 15) is 38.7 Å². The van der Waals surface area contributed by atoms with E-state index in [0.29, 0.717) is 24.9 Å². The second kappa shape index (κ2) is 50.5. The molecule has 5 rings (SSSR count). The Hall–Kier alpha value is -0.644. The number of ether oxygens (including phenoxy) is 1. The first-order valence-electron chi connectivity index (χ1n) is 18.2. The monoisotopic (exact) mass is 1290 g/mol. The Morgan fingerprint density at radius 1 is 0.771 bits per heavy atom. The molecule has 0 aliphatic carbocycles. The van der Waals surface area contributed by atoms with Crippen LogP contribution in [0.2, 0.25) is 0 Å². The number of benzene rings is 2. The van der Waals surface area contributed by atoms with Gasteiger partial charge in [-0.25, -0.2) is 0 Å². The number of aliphatic hydroxyl groups is 1. The molecule has 3 atom stereocenters. The normalized spacial score (nSPS) is 15.1. The van der Waals surface area contributed by atoms with Crippen molar-refractivity contribution in [2.45, 2.75) is 130 Å². The number of aldehydes is 2. The average Bonchev–Trinajstić information content (AvgIpc) is 3.57. The first kappa shape index (κ1) is 102. The smallest absolute Gasteiger partial charge is 0.160 e. The van der Waals surface area contributed by atoms with Gasteiger partial charge in [-0.3, -0.25) is 4.79 Å². The van der Waals surface area contributed by atoms with Crippen LogP contribution in [-0.2, 0) is 188 Å². The van der Waals surface area contributed by atoms with Gasteiger partial charge in [0.2, 0.25) is 0 Å². The standard InChI is InChI=1S/C14H15N2O.C13H16NO3.C6H10O2.C5H9O2.C4H5O2.2CH4O.7CH4.4Y/c1-9(17)14(2)13-11(7-8-15-14)10-5-3-4-6-12(10)16-13;1-8(15)13(2)10-7-12(17-3)11(16)6-9(10)4-5-14-13;1-5(2)6(3-7)4-8;1-4(6)5(2,3)7;1-3(5)4(2)6;2*1-2;;;;;;;;;;;/h3-6,15-16H,2,7-8H2,1H3;6-7,14,16H,2,4-5H2,1,3H3;3-6H,1-2H3;7H,2H2,1,3H3;1H2,2H3;2*1-2H2;7*1H4;;;;/q2*-1;;2*-1;;;;;;;;;;;;;/t14-;13-;;;;;;;;;;;;;;;;/m00................/s1. The second-order valence-corrected chi connectivity index (χ2v) is 13.9. The number of aromatic hydroxyl groups is 1. The van der Waals surface area contributed by atoms with Crippen LogP contribution in [0.5, 0.6) is 11.5 Å². The third-order valence-electron chi connectivity index (χ3n) is 9.16. The number of para-hydroxylation sites is 1. The van der Waals surface area contributed by atoms with E-state index in [0.717, 1.165) is 41.7 Å². The molecule has 2 aromatic carbocycles. The van der Waals surface area contributed by atoms with Gasteiger partial charge in [0.25, 0.3) is 0 Å². The molecule has 70 heavy (non-hydrogen) atoms. The van der Waals surface area contributed by atoms with E-state index in [1.165, 1.54) is 45.8 Å². The zero-order valence-electron chi connectivity index (χ0n) is 37.8. The molecule has 4 radical (unpaired) electrons. The van der Waals surface area contributed by atoms with Gasteiger partial charge in [0, 0.05) is 153 Å². The fraction of sp³-hybridized carbons (Fsp3) is 0.471. The van der Waals surface area contributed by atoms with Crippen molar-refractivity contribution < 1.29 is 190 Å². The van der Waals surface area contributed by atoms with Crippen LogP contribution in [0.1, 0.15) is 123 Å². The number of phenolic OH excluding ortho intramolecular Hbond substituents is 1. The molecule has 2 aliphatic heterocycles. The van der Waals surface area contributed by atoms with Gasteiger partial charge in [-0.1, -0.05) is 112 Å². The Morgan fingerprint density at radius 2 is 1.16 bits per heavy atom. The number of aromatic nitrogens is 1. The SMILES string of the molecule is C.C.C.C.C.C.C.CC(C)C(C=O)C=O.[CH2-]C(=O)C(C)=O.[CH2-]C(C)(O)C(C)=O.[CH2-][C@@]1(C(C)=O)NCCc2c1[nH]c1ccccc21.[CH2-][C@@]1(C(C)=O)NCCc2cc(O)c(OC)cc21.[CH2-][OH2+].[CH2-][OH2+].[Y].[Y].[Y].[Y]. The molecule has 2 aliphatic rings. The van der Waals surface area contributed by atoms with E-state index in [4.69, 9.17) is 20.1 Å². The number of aromatic amines is 1. The molecule has 0 saturated heterocycles. The summed E-state index contributed by atoms with van der Waals surface area (Å²) in [6.07, 6.45) is 3.05. The fourth-order valence-electron chi connectivity index (χ4n) is 5.16. The number of Topliss-reactive ketones (excluding diaryl/α,β-unsaturated/α-hetero) is 5. The number of ketones is 5. The molecule has 0 bridgehead atoms. The Kier molecular flexibility index (Phi) is 73.6. The minimum absolute atomic E-state index is 0. The van der Waals surface area contributed by atoms with Crippen LogP contribution in [-0.4, -0.2) is 92.7 Å². The molecular weight excluding hydrogens is 1200 g/mol. The summed E-state index contributed by atoms with van der Waals surface area (Å²) in [5.74, 6) is -1.24. The molecule has 1 unspecified atom stereocenters. The van der Waals surface area contributed by atoms with Crippen LogP contribution >= 0.6 is 0 Å². The van der Waals surface area contributed by atoms with Crippen molar-refractivity contribution in [3.8, 4) is 11.5 Å². The van der Waals surface area contributed by atoms with Crippen LogP contribution in [0.15, 0.2) is 36.4 Å². The number of phenols is 1. The average molecular weight is 1290 g/mol. The topological polar surface area (TPSA) is 255 Å². The molecule has 19 heteroatoms. The van der Waals surface area contributed by atoms with E-state index in [-0.39, 0.29) is 212 Å². The van der Waals surface area contributed by atoms with E-state index in [1.807, 2.05) is 32.0 Å². The zero-order valence-corrected chi connectivity index (χ0v) is 49.2. The van der Waals surface area contributed by atoms with Crippen LogP contribution in [0.25, 0.3) is 10.9 Å². The summed E-state index contributed by atoms with van der Waals surface area (Å²) in [4.78, 5) is 76.4. The summed E-state index contributed by atoms with van der Waals surface area (Å²) in [5, 5.41) is 36.9.